The largest absolute Gasteiger partial charge is 1.00 e. The standard InChI is InChI=1S/C19H23NO5.Na/c1-4-15(20-25-5-2)18-16(21)10-14(11-17(18)22)12-6-8-13(9-7-12)19(23)24-3;/h6-9,14,21H,4-5,10-11H2,1-3H3;/q;+1/p-1. The molecule has 0 fully saturated rings. The minimum Gasteiger partial charge on any atom is -0.875 e. The number of ether oxygens (including phenoxy) is 1. The van der Waals surface area contributed by atoms with Crippen LogP contribution in [0.25, 0.3) is 0 Å². The van der Waals surface area contributed by atoms with Gasteiger partial charge in [0, 0.05) is 12.0 Å². The van der Waals surface area contributed by atoms with Gasteiger partial charge in [0.05, 0.1) is 18.4 Å². The van der Waals surface area contributed by atoms with E-state index in [1.807, 2.05) is 6.92 Å². The molecule has 0 radical (unpaired) electrons. The molecule has 1 unspecified atom stereocenters. The molecule has 1 atom stereocenters. The number of hydrogen-bond donors (Lipinski definition) is 0. The number of benzene rings is 1. The van der Waals surface area contributed by atoms with Crippen LogP contribution in [0.3, 0.4) is 0 Å². The van der Waals surface area contributed by atoms with Crippen molar-refractivity contribution in [3.8, 4) is 0 Å². The number of oxime groups is 1. The van der Waals surface area contributed by atoms with Gasteiger partial charge < -0.3 is 14.7 Å². The molecule has 0 saturated carbocycles. The van der Waals surface area contributed by atoms with Crippen LogP contribution in [-0.4, -0.2) is 31.2 Å². The minimum atomic E-state index is -0.419. The maximum atomic E-state index is 12.5. The first-order valence-corrected chi connectivity index (χ1v) is 8.32. The van der Waals surface area contributed by atoms with E-state index in [4.69, 9.17) is 4.84 Å². The summed E-state index contributed by atoms with van der Waals surface area (Å²) in [5.74, 6) is -1.03. The number of nitrogens with zero attached hydrogens (tertiary/aromatic N) is 1. The minimum absolute atomic E-state index is 0. The zero-order valence-corrected chi connectivity index (χ0v) is 17.7. The van der Waals surface area contributed by atoms with Crippen LogP contribution >= 0.6 is 0 Å². The molecule has 1 aromatic rings. The van der Waals surface area contributed by atoms with Gasteiger partial charge in [-0.3, -0.25) is 4.79 Å². The summed E-state index contributed by atoms with van der Waals surface area (Å²) in [6.45, 7) is 4.01. The molecular formula is C19H22NNaO5. The summed E-state index contributed by atoms with van der Waals surface area (Å²) >= 11 is 0. The van der Waals surface area contributed by atoms with Gasteiger partial charge in [-0.25, -0.2) is 4.79 Å². The van der Waals surface area contributed by atoms with Crippen LogP contribution in [0.5, 0.6) is 0 Å². The van der Waals surface area contributed by atoms with Crippen LogP contribution in [0.15, 0.2) is 40.8 Å². The Morgan fingerprint density at radius 1 is 1.23 bits per heavy atom. The van der Waals surface area contributed by atoms with Crippen LogP contribution in [0.4, 0.5) is 0 Å². The van der Waals surface area contributed by atoms with E-state index in [2.05, 4.69) is 9.89 Å². The summed E-state index contributed by atoms with van der Waals surface area (Å²) in [6.07, 6.45) is 0.943. The van der Waals surface area contributed by atoms with Gasteiger partial charge in [0.1, 0.15) is 6.61 Å². The van der Waals surface area contributed by atoms with E-state index in [0.29, 0.717) is 24.3 Å². The Kier molecular flexibility index (Phi) is 9.05. The van der Waals surface area contributed by atoms with E-state index in [1.54, 1.807) is 31.2 Å². The molecule has 26 heavy (non-hydrogen) atoms. The predicted octanol–water partition coefficient (Wildman–Crippen LogP) is -0.659. The first-order chi connectivity index (χ1) is 12.0. The number of rotatable bonds is 6. The van der Waals surface area contributed by atoms with Crippen molar-refractivity contribution in [2.75, 3.05) is 13.7 Å². The fourth-order valence-electron chi connectivity index (χ4n) is 2.88. The summed E-state index contributed by atoms with van der Waals surface area (Å²) in [5.41, 5.74) is 1.87. The van der Waals surface area contributed by atoms with Gasteiger partial charge in [-0.05, 0) is 43.4 Å². The average molecular weight is 367 g/mol. The van der Waals surface area contributed by atoms with E-state index in [0.717, 1.165) is 5.56 Å². The second kappa shape index (κ2) is 10.5. The van der Waals surface area contributed by atoms with E-state index in [1.165, 1.54) is 7.11 Å². The maximum absolute atomic E-state index is 12.5. The Hall–Kier alpha value is -1.63. The van der Waals surface area contributed by atoms with Crippen LogP contribution in [0, 0.1) is 0 Å². The Labute approximate surface area is 175 Å². The molecule has 1 aliphatic carbocycles. The topological polar surface area (TPSA) is 88.0 Å². The number of carbonyl (C=O) groups excluding carboxylic acids is 2. The second-order valence-electron chi connectivity index (χ2n) is 5.75. The fraction of sp³-hybridized carbons (Fsp3) is 0.421. The van der Waals surface area contributed by atoms with Crippen LogP contribution < -0.4 is 34.7 Å². The normalized spacial score (nSPS) is 17.6. The third-order valence-electron chi connectivity index (χ3n) is 4.15. The molecule has 0 spiro atoms. The monoisotopic (exact) mass is 367 g/mol. The molecule has 0 heterocycles. The van der Waals surface area contributed by atoms with E-state index in [9.17, 15) is 14.7 Å². The second-order valence-corrected chi connectivity index (χ2v) is 5.75. The smallest absolute Gasteiger partial charge is 0.875 e. The van der Waals surface area contributed by atoms with Crippen molar-refractivity contribution in [1.82, 2.24) is 0 Å². The van der Waals surface area contributed by atoms with Crippen molar-refractivity contribution < 1.29 is 53.8 Å². The van der Waals surface area contributed by atoms with Gasteiger partial charge in [0.15, 0.2) is 5.78 Å². The summed E-state index contributed by atoms with van der Waals surface area (Å²) < 4.78 is 4.67. The third kappa shape index (κ3) is 5.19. The number of hydrogen-bond acceptors (Lipinski definition) is 6. The molecule has 6 nitrogen and oxygen atoms in total. The number of ketones is 1. The molecule has 0 amide bonds. The fourth-order valence-corrected chi connectivity index (χ4v) is 2.88. The van der Waals surface area contributed by atoms with Crippen LogP contribution in [-0.2, 0) is 14.4 Å². The Balaban J connectivity index is 0.00000338. The van der Waals surface area contributed by atoms with Gasteiger partial charge in [0.25, 0.3) is 0 Å². The zero-order valence-electron chi connectivity index (χ0n) is 15.7. The first-order valence-electron chi connectivity index (χ1n) is 8.32. The summed E-state index contributed by atoms with van der Waals surface area (Å²) in [6, 6.07) is 6.81. The number of carbonyl (C=O) groups is 2. The summed E-state index contributed by atoms with van der Waals surface area (Å²) in [7, 11) is 1.32. The quantitative estimate of drug-likeness (QED) is 0.288. The number of Topliss-reactive ketones (excluding diaryl/α,β-unsaturated/α-hetero) is 1. The van der Waals surface area contributed by atoms with Crippen molar-refractivity contribution in [1.29, 1.82) is 0 Å². The molecule has 0 N–H and O–H groups in total. The van der Waals surface area contributed by atoms with Crippen LogP contribution in [0.2, 0.25) is 0 Å². The van der Waals surface area contributed by atoms with Crippen molar-refractivity contribution in [2.45, 2.75) is 39.0 Å². The Morgan fingerprint density at radius 2 is 1.88 bits per heavy atom. The molecule has 0 aromatic heterocycles. The summed E-state index contributed by atoms with van der Waals surface area (Å²) in [4.78, 5) is 29.0. The van der Waals surface area contributed by atoms with Gasteiger partial charge in [-0.15, -0.1) is 5.76 Å². The van der Waals surface area contributed by atoms with Crippen molar-refractivity contribution >= 4 is 17.5 Å². The molecule has 2 rings (SSSR count). The number of methoxy groups -OCH3 is 1. The Bertz CT molecular complexity index is 709. The molecule has 0 aliphatic heterocycles. The molecule has 0 bridgehead atoms. The molecule has 7 heteroatoms. The van der Waals surface area contributed by atoms with Gasteiger partial charge >= 0.3 is 35.5 Å². The van der Waals surface area contributed by atoms with Gasteiger partial charge in [-0.2, -0.15) is 0 Å². The van der Waals surface area contributed by atoms with Gasteiger partial charge in [-0.1, -0.05) is 24.2 Å². The SMILES string of the molecule is CCON=C(CC)C1=C([O-])CC(c2ccc(C(=O)OC)cc2)CC1=O.[Na+]. The van der Waals surface area contributed by atoms with Crippen LogP contribution in [0.1, 0.15) is 54.9 Å². The molecule has 1 aliphatic rings. The summed E-state index contributed by atoms with van der Waals surface area (Å²) in [5, 5.41) is 16.4. The molecular weight excluding hydrogens is 345 g/mol. The first kappa shape index (κ1) is 22.4. The Morgan fingerprint density at radius 3 is 2.38 bits per heavy atom. The molecule has 134 valence electrons. The van der Waals surface area contributed by atoms with Gasteiger partial charge in [0.2, 0.25) is 0 Å². The predicted molar refractivity (Wildman–Crippen MR) is 91.1 cm³/mol. The maximum Gasteiger partial charge on any atom is 1.00 e. The van der Waals surface area contributed by atoms with Crippen molar-refractivity contribution in [3.05, 3.63) is 46.7 Å². The van der Waals surface area contributed by atoms with E-state index < -0.39 is 5.97 Å². The number of esters is 1. The third-order valence-corrected chi connectivity index (χ3v) is 4.15. The molecule has 0 saturated heterocycles. The van der Waals surface area contributed by atoms with E-state index in [-0.39, 0.29) is 65.4 Å². The molecule has 1 aromatic carbocycles. The average Bonchev–Trinajstić information content (AvgIpc) is 2.63. The van der Waals surface area contributed by atoms with Crippen molar-refractivity contribution in [2.24, 2.45) is 5.16 Å². The van der Waals surface area contributed by atoms with Crippen molar-refractivity contribution in [3.63, 3.8) is 0 Å². The zero-order chi connectivity index (χ0) is 18.4. The number of allylic oxidation sites excluding steroid dienone is 2. The van der Waals surface area contributed by atoms with E-state index >= 15 is 0 Å².